The van der Waals surface area contributed by atoms with Crippen molar-refractivity contribution < 1.29 is 19.5 Å². The fourth-order valence-corrected chi connectivity index (χ4v) is 1.87. The van der Waals surface area contributed by atoms with Crippen LogP contribution in [0, 0.1) is 5.92 Å². The fraction of sp³-hybridized carbons (Fsp3) is 0.462. The SMILES string of the molecule is CC(=O)c1c[nH]c(C(=O)NC(CC2CC2)C(=O)O)c1. The smallest absolute Gasteiger partial charge is 0.326 e. The summed E-state index contributed by atoms with van der Waals surface area (Å²) in [7, 11) is 0. The van der Waals surface area contributed by atoms with Crippen molar-refractivity contribution in [1.29, 1.82) is 0 Å². The van der Waals surface area contributed by atoms with Crippen LogP contribution in [-0.2, 0) is 4.79 Å². The van der Waals surface area contributed by atoms with E-state index in [1.54, 1.807) is 0 Å². The van der Waals surface area contributed by atoms with Crippen molar-refractivity contribution in [3.8, 4) is 0 Å². The van der Waals surface area contributed by atoms with Crippen LogP contribution in [0.5, 0.6) is 0 Å². The molecule has 1 aliphatic carbocycles. The van der Waals surface area contributed by atoms with Crippen molar-refractivity contribution >= 4 is 17.7 Å². The molecule has 1 saturated carbocycles. The van der Waals surface area contributed by atoms with Crippen LogP contribution < -0.4 is 5.32 Å². The van der Waals surface area contributed by atoms with Crippen LogP contribution in [0.25, 0.3) is 0 Å². The fourth-order valence-electron chi connectivity index (χ4n) is 1.87. The zero-order chi connectivity index (χ0) is 14.0. The number of aromatic amines is 1. The molecule has 0 aromatic carbocycles. The number of rotatable bonds is 6. The van der Waals surface area contributed by atoms with E-state index in [4.69, 9.17) is 5.11 Å². The third kappa shape index (κ3) is 3.43. The summed E-state index contributed by atoms with van der Waals surface area (Å²) in [5.74, 6) is -1.28. The average Bonchev–Trinajstić information content (AvgIpc) is 3.01. The van der Waals surface area contributed by atoms with Gasteiger partial charge in [-0.05, 0) is 25.3 Å². The Bertz CT molecular complexity index is 516. The quantitative estimate of drug-likeness (QED) is 0.672. The number of aliphatic carboxylic acids is 1. The standard InChI is InChI=1S/C13H16N2O4/c1-7(16)9-5-10(14-6-9)12(17)15-11(13(18)19)4-8-2-3-8/h5-6,8,11,14H,2-4H2,1H3,(H,15,17)(H,18,19). The Morgan fingerprint density at radius 3 is 2.63 bits per heavy atom. The summed E-state index contributed by atoms with van der Waals surface area (Å²) < 4.78 is 0. The lowest BCUT2D eigenvalue weighted by Crippen LogP contribution is -2.41. The number of H-pyrrole nitrogens is 1. The molecule has 6 nitrogen and oxygen atoms in total. The summed E-state index contributed by atoms with van der Waals surface area (Å²) in [6, 6.07) is 0.553. The molecule has 19 heavy (non-hydrogen) atoms. The van der Waals surface area contributed by atoms with Crippen molar-refractivity contribution in [1.82, 2.24) is 10.3 Å². The summed E-state index contributed by atoms with van der Waals surface area (Å²) in [5.41, 5.74) is 0.603. The number of Topliss-reactive ketones (excluding diaryl/α,β-unsaturated/α-hetero) is 1. The van der Waals surface area contributed by atoms with Gasteiger partial charge < -0.3 is 15.4 Å². The van der Waals surface area contributed by atoms with Gasteiger partial charge in [0.15, 0.2) is 5.78 Å². The predicted molar refractivity (Wildman–Crippen MR) is 67.0 cm³/mol. The van der Waals surface area contributed by atoms with Gasteiger partial charge in [-0.1, -0.05) is 12.8 Å². The second-order valence-corrected chi connectivity index (χ2v) is 4.90. The number of amides is 1. The van der Waals surface area contributed by atoms with E-state index in [1.807, 2.05) is 0 Å². The summed E-state index contributed by atoms with van der Waals surface area (Å²) in [6.07, 6.45) is 3.95. The van der Waals surface area contributed by atoms with Gasteiger partial charge in [0.1, 0.15) is 11.7 Å². The number of nitrogens with one attached hydrogen (secondary N) is 2. The number of hydrogen-bond donors (Lipinski definition) is 3. The van der Waals surface area contributed by atoms with Gasteiger partial charge in [0.05, 0.1) is 0 Å². The number of carboxylic acids is 1. The number of carboxylic acid groups (broad SMARTS) is 1. The molecule has 1 fully saturated rings. The molecule has 0 radical (unpaired) electrons. The first-order chi connectivity index (χ1) is 8.97. The van der Waals surface area contributed by atoms with E-state index in [2.05, 4.69) is 10.3 Å². The van der Waals surface area contributed by atoms with Crippen molar-refractivity contribution in [2.45, 2.75) is 32.2 Å². The number of aromatic nitrogens is 1. The minimum absolute atomic E-state index is 0.150. The Balaban J connectivity index is 2.00. The normalized spacial score (nSPS) is 15.8. The highest BCUT2D eigenvalue weighted by molar-refractivity contribution is 6.00. The van der Waals surface area contributed by atoms with Crippen molar-refractivity contribution in [2.75, 3.05) is 0 Å². The summed E-state index contributed by atoms with van der Waals surface area (Å²) >= 11 is 0. The second-order valence-electron chi connectivity index (χ2n) is 4.90. The monoisotopic (exact) mass is 264 g/mol. The Kier molecular flexibility index (Phi) is 3.69. The van der Waals surface area contributed by atoms with E-state index in [0.717, 1.165) is 12.8 Å². The molecule has 1 unspecified atom stereocenters. The molecule has 2 rings (SSSR count). The van der Waals surface area contributed by atoms with Crippen LogP contribution in [0.2, 0.25) is 0 Å². The maximum absolute atomic E-state index is 11.9. The third-order valence-electron chi connectivity index (χ3n) is 3.20. The van der Waals surface area contributed by atoms with Crippen LogP contribution >= 0.6 is 0 Å². The zero-order valence-electron chi connectivity index (χ0n) is 10.6. The number of carbonyl (C=O) groups is 3. The van der Waals surface area contributed by atoms with Crippen LogP contribution in [-0.4, -0.2) is 33.8 Å². The average molecular weight is 264 g/mol. The van der Waals surface area contributed by atoms with Gasteiger partial charge in [0.2, 0.25) is 0 Å². The minimum Gasteiger partial charge on any atom is -0.480 e. The molecule has 1 aromatic heterocycles. The van der Waals surface area contributed by atoms with Crippen molar-refractivity contribution in [3.63, 3.8) is 0 Å². The summed E-state index contributed by atoms with van der Waals surface area (Å²) in [4.78, 5) is 36.7. The first kappa shape index (κ1) is 13.3. The molecule has 0 aliphatic heterocycles. The van der Waals surface area contributed by atoms with E-state index in [-0.39, 0.29) is 11.5 Å². The van der Waals surface area contributed by atoms with Crippen molar-refractivity contribution in [2.24, 2.45) is 5.92 Å². The molecule has 6 heteroatoms. The molecule has 1 aromatic rings. The molecule has 0 bridgehead atoms. The van der Waals surface area contributed by atoms with E-state index < -0.39 is 17.9 Å². The molecular weight excluding hydrogens is 248 g/mol. The highest BCUT2D eigenvalue weighted by atomic mass is 16.4. The molecule has 1 aliphatic rings. The summed E-state index contributed by atoms with van der Waals surface area (Å²) in [6.45, 7) is 1.40. The Hall–Kier alpha value is -2.11. The van der Waals surface area contributed by atoms with Gasteiger partial charge in [-0.25, -0.2) is 4.79 Å². The molecule has 0 saturated heterocycles. The van der Waals surface area contributed by atoms with Crippen LogP contribution in [0.3, 0.4) is 0 Å². The lowest BCUT2D eigenvalue weighted by atomic mass is 10.1. The molecule has 102 valence electrons. The predicted octanol–water partition coefficient (Wildman–Crippen LogP) is 1.20. The lowest BCUT2D eigenvalue weighted by molar-refractivity contribution is -0.139. The van der Waals surface area contributed by atoms with Crippen LogP contribution in [0.15, 0.2) is 12.3 Å². The number of carbonyl (C=O) groups excluding carboxylic acids is 2. The van der Waals surface area contributed by atoms with Gasteiger partial charge in [0.25, 0.3) is 5.91 Å². The van der Waals surface area contributed by atoms with Crippen LogP contribution in [0.1, 0.15) is 47.0 Å². The van der Waals surface area contributed by atoms with E-state index >= 15 is 0 Å². The molecule has 1 heterocycles. The highest BCUT2D eigenvalue weighted by Crippen LogP contribution is 2.33. The number of hydrogen-bond acceptors (Lipinski definition) is 3. The lowest BCUT2D eigenvalue weighted by Gasteiger charge is -2.13. The zero-order valence-corrected chi connectivity index (χ0v) is 10.6. The third-order valence-corrected chi connectivity index (χ3v) is 3.20. The first-order valence-electron chi connectivity index (χ1n) is 6.20. The van der Waals surface area contributed by atoms with E-state index in [9.17, 15) is 14.4 Å². The second kappa shape index (κ2) is 5.26. The molecule has 1 atom stereocenters. The molecule has 1 amide bonds. The minimum atomic E-state index is -1.03. The van der Waals surface area contributed by atoms with Gasteiger partial charge >= 0.3 is 5.97 Å². The maximum atomic E-state index is 11.9. The number of ketones is 1. The van der Waals surface area contributed by atoms with Gasteiger partial charge in [0, 0.05) is 11.8 Å². The molecular formula is C13H16N2O4. The Morgan fingerprint density at radius 2 is 2.16 bits per heavy atom. The van der Waals surface area contributed by atoms with E-state index in [0.29, 0.717) is 17.9 Å². The van der Waals surface area contributed by atoms with Gasteiger partial charge in [-0.2, -0.15) is 0 Å². The van der Waals surface area contributed by atoms with Crippen molar-refractivity contribution in [3.05, 3.63) is 23.5 Å². The first-order valence-corrected chi connectivity index (χ1v) is 6.20. The Morgan fingerprint density at radius 1 is 1.47 bits per heavy atom. The van der Waals surface area contributed by atoms with E-state index in [1.165, 1.54) is 19.2 Å². The van der Waals surface area contributed by atoms with Gasteiger partial charge in [-0.3, -0.25) is 9.59 Å². The van der Waals surface area contributed by atoms with Gasteiger partial charge in [-0.15, -0.1) is 0 Å². The topological polar surface area (TPSA) is 99.3 Å². The largest absolute Gasteiger partial charge is 0.480 e. The summed E-state index contributed by atoms with van der Waals surface area (Å²) in [5, 5.41) is 11.5. The molecule has 0 spiro atoms. The molecule has 3 N–H and O–H groups in total. The Labute approximate surface area is 110 Å². The maximum Gasteiger partial charge on any atom is 0.326 e. The highest BCUT2D eigenvalue weighted by Gasteiger charge is 2.30. The van der Waals surface area contributed by atoms with Crippen LogP contribution in [0.4, 0.5) is 0 Å².